The molecule has 8 heteroatoms. The summed E-state index contributed by atoms with van der Waals surface area (Å²) < 4.78 is 19.8. The SMILES string of the molecule is O=C(O)c1ccccc1-c1ccc([C@@H]2[C@H](c3ccccn3)NC(=S)N2c2ccc(F)cc2)o1. The fourth-order valence-electron chi connectivity index (χ4n) is 4.06. The van der Waals surface area contributed by atoms with E-state index in [4.69, 9.17) is 16.6 Å². The van der Waals surface area contributed by atoms with Gasteiger partial charge in [0, 0.05) is 17.4 Å². The van der Waals surface area contributed by atoms with Crippen LogP contribution in [-0.4, -0.2) is 21.2 Å². The van der Waals surface area contributed by atoms with E-state index in [1.54, 1.807) is 48.7 Å². The van der Waals surface area contributed by atoms with Crippen molar-refractivity contribution in [2.75, 3.05) is 4.90 Å². The Morgan fingerprint density at radius 2 is 1.79 bits per heavy atom. The number of aromatic nitrogens is 1. The second-order valence-electron chi connectivity index (χ2n) is 7.53. The first-order valence-corrected chi connectivity index (χ1v) is 10.6. The first kappa shape index (κ1) is 20.8. The number of thiocarbonyl (C=S) groups is 1. The zero-order valence-corrected chi connectivity index (χ0v) is 18.0. The number of hydrogen-bond donors (Lipinski definition) is 2. The maximum Gasteiger partial charge on any atom is 0.336 e. The molecule has 1 fully saturated rings. The van der Waals surface area contributed by atoms with Crippen LogP contribution in [0.4, 0.5) is 10.1 Å². The Labute approximate surface area is 194 Å². The highest BCUT2D eigenvalue weighted by Crippen LogP contribution is 2.43. The third-order valence-corrected chi connectivity index (χ3v) is 5.86. The summed E-state index contributed by atoms with van der Waals surface area (Å²) in [6, 6.07) is 21.1. The maximum absolute atomic E-state index is 13.6. The highest BCUT2D eigenvalue weighted by Gasteiger charge is 2.42. The van der Waals surface area contributed by atoms with Crippen LogP contribution >= 0.6 is 12.2 Å². The van der Waals surface area contributed by atoms with Gasteiger partial charge in [-0.3, -0.25) is 4.98 Å². The van der Waals surface area contributed by atoms with Crippen LogP contribution in [0.3, 0.4) is 0 Å². The van der Waals surface area contributed by atoms with Gasteiger partial charge in [-0.05, 0) is 66.8 Å². The van der Waals surface area contributed by atoms with Crippen molar-refractivity contribution in [1.82, 2.24) is 10.3 Å². The highest BCUT2D eigenvalue weighted by atomic mass is 32.1. The molecule has 1 aliphatic heterocycles. The van der Waals surface area contributed by atoms with Crippen molar-refractivity contribution < 1.29 is 18.7 Å². The Bertz CT molecular complexity index is 1320. The van der Waals surface area contributed by atoms with Crippen molar-refractivity contribution in [2.45, 2.75) is 12.1 Å². The molecule has 0 unspecified atom stereocenters. The van der Waals surface area contributed by atoms with Gasteiger partial charge in [-0.25, -0.2) is 9.18 Å². The van der Waals surface area contributed by atoms with E-state index in [0.29, 0.717) is 27.9 Å². The van der Waals surface area contributed by atoms with Gasteiger partial charge < -0.3 is 19.7 Å². The minimum atomic E-state index is -1.04. The van der Waals surface area contributed by atoms with Crippen molar-refractivity contribution in [3.63, 3.8) is 0 Å². The number of carbonyl (C=O) groups is 1. The molecule has 2 atom stereocenters. The monoisotopic (exact) mass is 459 g/mol. The average Bonchev–Trinajstić information content (AvgIpc) is 3.45. The van der Waals surface area contributed by atoms with Crippen LogP contribution in [0.1, 0.15) is 33.9 Å². The molecule has 3 heterocycles. The molecule has 0 amide bonds. The van der Waals surface area contributed by atoms with Gasteiger partial charge in [-0.15, -0.1) is 0 Å². The molecule has 1 saturated heterocycles. The molecular weight excluding hydrogens is 441 g/mol. The molecule has 0 spiro atoms. The van der Waals surface area contributed by atoms with E-state index < -0.39 is 12.0 Å². The Balaban J connectivity index is 1.61. The number of halogens is 1. The lowest BCUT2D eigenvalue weighted by atomic mass is 10.0. The number of benzene rings is 2. The molecule has 0 aliphatic carbocycles. The average molecular weight is 460 g/mol. The zero-order valence-electron chi connectivity index (χ0n) is 17.2. The number of carboxylic acids is 1. The lowest BCUT2D eigenvalue weighted by Crippen LogP contribution is -2.29. The lowest BCUT2D eigenvalue weighted by Gasteiger charge is -2.26. The summed E-state index contributed by atoms with van der Waals surface area (Å²) in [4.78, 5) is 18.0. The maximum atomic E-state index is 13.6. The number of aromatic carboxylic acids is 1. The summed E-state index contributed by atoms with van der Waals surface area (Å²) in [5, 5.41) is 13.3. The Morgan fingerprint density at radius 3 is 2.52 bits per heavy atom. The third-order valence-electron chi connectivity index (χ3n) is 5.54. The Morgan fingerprint density at radius 1 is 1.03 bits per heavy atom. The number of nitrogens with one attached hydrogen (secondary N) is 1. The van der Waals surface area contributed by atoms with Crippen molar-refractivity contribution in [3.8, 4) is 11.3 Å². The topological polar surface area (TPSA) is 78.6 Å². The molecule has 164 valence electrons. The summed E-state index contributed by atoms with van der Waals surface area (Å²) in [6.45, 7) is 0. The van der Waals surface area contributed by atoms with Gasteiger partial charge in [-0.2, -0.15) is 0 Å². The second-order valence-corrected chi connectivity index (χ2v) is 7.91. The standard InChI is InChI=1S/C25H18FN3O3S/c26-15-8-10-16(11-9-15)29-23(22(28-25(29)33)19-7-3-4-14-27-19)21-13-12-20(32-21)17-5-1-2-6-18(17)24(30)31/h1-14,22-23H,(H,28,33)(H,30,31)/t22-,23+/m0/s1. The smallest absolute Gasteiger partial charge is 0.336 e. The number of pyridine rings is 1. The molecule has 6 nitrogen and oxygen atoms in total. The van der Waals surface area contributed by atoms with Gasteiger partial charge in [0.25, 0.3) is 0 Å². The van der Waals surface area contributed by atoms with Crippen LogP contribution in [0, 0.1) is 5.82 Å². The predicted molar refractivity (Wildman–Crippen MR) is 125 cm³/mol. The van der Waals surface area contributed by atoms with Gasteiger partial charge in [0.1, 0.15) is 23.4 Å². The molecule has 2 aromatic carbocycles. The van der Waals surface area contributed by atoms with Gasteiger partial charge >= 0.3 is 5.97 Å². The molecule has 2 aromatic heterocycles. The molecule has 0 radical (unpaired) electrons. The fraction of sp³-hybridized carbons (Fsp3) is 0.0800. The molecule has 0 bridgehead atoms. The van der Waals surface area contributed by atoms with E-state index in [1.807, 2.05) is 23.1 Å². The van der Waals surface area contributed by atoms with E-state index in [1.165, 1.54) is 18.2 Å². The van der Waals surface area contributed by atoms with Crippen LogP contribution < -0.4 is 10.2 Å². The van der Waals surface area contributed by atoms with Gasteiger partial charge in [0.15, 0.2) is 5.11 Å². The van der Waals surface area contributed by atoms with Crippen molar-refractivity contribution >= 4 is 29.0 Å². The van der Waals surface area contributed by atoms with E-state index in [0.717, 1.165) is 5.69 Å². The minimum absolute atomic E-state index is 0.148. The molecule has 33 heavy (non-hydrogen) atoms. The first-order chi connectivity index (χ1) is 16.0. The van der Waals surface area contributed by atoms with Crippen LogP contribution in [0.15, 0.2) is 89.5 Å². The van der Waals surface area contributed by atoms with E-state index in [9.17, 15) is 14.3 Å². The number of anilines is 1. The van der Waals surface area contributed by atoms with E-state index in [-0.39, 0.29) is 17.4 Å². The van der Waals surface area contributed by atoms with E-state index >= 15 is 0 Å². The number of rotatable bonds is 5. The Kier molecular flexibility index (Phi) is 5.35. The predicted octanol–water partition coefficient (Wildman–Crippen LogP) is 5.36. The first-order valence-electron chi connectivity index (χ1n) is 10.2. The van der Waals surface area contributed by atoms with Crippen molar-refractivity contribution in [1.29, 1.82) is 0 Å². The van der Waals surface area contributed by atoms with Gasteiger partial charge in [-0.1, -0.05) is 24.3 Å². The van der Waals surface area contributed by atoms with Crippen LogP contribution in [-0.2, 0) is 0 Å². The molecule has 5 rings (SSSR count). The molecule has 2 N–H and O–H groups in total. The van der Waals surface area contributed by atoms with Crippen molar-refractivity contribution in [2.24, 2.45) is 0 Å². The van der Waals surface area contributed by atoms with Crippen LogP contribution in [0.5, 0.6) is 0 Å². The largest absolute Gasteiger partial charge is 0.478 e. The molecule has 0 saturated carbocycles. The summed E-state index contributed by atoms with van der Waals surface area (Å²) in [6.07, 6.45) is 1.70. The van der Waals surface area contributed by atoms with Crippen LogP contribution in [0.2, 0.25) is 0 Å². The Hall–Kier alpha value is -4.04. The lowest BCUT2D eigenvalue weighted by molar-refractivity contribution is 0.0697. The minimum Gasteiger partial charge on any atom is -0.478 e. The van der Waals surface area contributed by atoms with Crippen LogP contribution in [0.25, 0.3) is 11.3 Å². The molecule has 1 aliphatic rings. The third kappa shape index (κ3) is 3.85. The summed E-state index contributed by atoms with van der Waals surface area (Å²) >= 11 is 5.64. The quantitative estimate of drug-likeness (QED) is 0.389. The molecular formula is C25H18FN3O3S. The summed E-state index contributed by atoms with van der Waals surface area (Å²) in [5.74, 6) is -0.385. The number of carboxylic acid groups (broad SMARTS) is 1. The molecule has 4 aromatic rings. The number of nitrogens with zero attached hydrogens (tertiary/aromatic N) is 2. The van der Waals surface area contributed by atoms with E-state index in [2.05, 4.69) is 10.3 Å². The van der Waals surface area contributed by atoms with Gasteiger partial charge in [0.05, 0.1) is 17.3 Å². The van der Waals surface area contributed by atoms with Crippen molar-refractivity contribution in [3.05, 3.63) is 108 Å². The van der Waals surface area contributed by atoms with Gasteiger partial charge in [0.2, 0.25) is 0 Å². The summed E-state index contributed by atoms with van der Waals surface area (Å²) in [5.41, 5.74) is 2.09. The normalized spacial score (nSPS) is 17.7. The highest BCUT2D eigenvalue weighted by molar-refractivity contribution is 7.80. The number of furan rings is 1. The second kappa shape index (κ2) is 8.48. The zero-order chi connectivity index (χ0) is 22.9. The fourth-order valence-corrected chi connectivity index (χ4v) is 4.41. The number of hydrogen-bond acceptors (Lipinski definition) is 4. The summed E-state index contributed by atoms with van der Waals surface area (Å²) in [7, 11) is 0.